The van der Waals surface area contributed by atoms with E-state index < -0.39 is 23.4 Å². The van der Waals surface area contributed by atoms with E-state index in [0.29, 0.717) is 0 Å². The molecule has 0 rings (SSSR count). The summed E-state index contributed by atoms with van der Waals surface area (Å²) in [4.78, 5) is 21.8. The Morgan fingerprint density at radius 1 is 1.29 bits per heavy atom. The molecule has 0 aromatic rings. The number of likely N-dealkylation sites (N-methyl/N-ethyl adjacent to an activating group) is 1. The Balaban J connectivity index is 5.24. The predicted molar refractivity (Wildman–Crippen MR) is 48.2 cm³/mol. The Labute approximate surface area is 83.5 Å². The Kier molecular flexibility index (Phi) is 3.29. The number of quaternary nitrogens is 1. The maximum Gasteiger partial charge on any atom is 0.315 e. The molecule has 1 N–H and O–H groups in total. The van der Waals surface area contributed by atoms with E-state index in [4.69, 9.17) is 5.11 Å². The number of nitrogens with zero attached hydrogens (tertiary/aromatic N) is 1. The number of rotatable bonds is 4. The molecule has 5 nitrogen and oxygen atoms in total. The largest absolute Gasteiger partial charge is 0.544 e. The standard InChI is InChI=1S/C9H17NO4/c1-9(2,8(13)14)6(7(11)12)10(3,4)5/h6H,1-5H3,(H-,11,12,13,14). The molecule has 0 heterocycles. The number of aliphatic carboxylic acids is 2. The minimum absolute atomic E-state index is 0.0155. The molecular weight excluding hydrogens is 186 g/mol. The third-order valence-corrected chi connectivity index (χ3v) is 2.23. The monoisotopic (exact) mass is 203 g/mol. The summed E-state index contributed by atoms with van der Waals surface area (Å²) in [5.74, 6) is -2.48. The van der Waals surface area contributed by atoms with Crippen LogP contribution in [-0.2, 0) is 9.59 Å². The first-order valence-corrected chi connectivity index (χ1v) is 4.26. The van der Waals surface area contributed by atoms with Crippen LogP contribution in [0.25, 0.3) is 0 Å². The molecule has 0 aliphatic carbocycles. The van der Waals surface area contributed by atoms with Crippen molar-refractivity contribution in [2.24, 2.45) is 5.41 Å². The fourth-order valence-electron chi connectivity index (χ4n) is 1.70. The van der Waals surface area contributed by atoms with Crippen LogP contribution in [0, 0.1) is 5.41 Å². The molecule has 0 amide bonds. The Hall–Kier alpha value is -1.10. The van der Waals surface area contributed by atoms with E-state index in [0.717, 1.165) is 0 Å². The third kappa shape index (κ3) is 2.45. The molecule has 0 saturated heterocycles. The van der Waals surface area contributed by atoms with Gasteiger partial charge in [0.1, 0.15) is 17.4 Å². The van der Waals surface area contributed by atoms with Gasteiger partial charge in [-0.1, -0.05) is 0 Å². The summed E-state index contributed by atoms with van der Waals surface area (Å²) in [5.41, 5.74) is -1.35. The third-order valence-electron chi connectivity index (χ3n) is 2.23. The Morgan fingerprint density at radius 3 is 1.71 bits per heavy atom. The molecule has 0 bridgehead atoms. The Bertz CT molecular complexity index is 252. The van der Waals surface area contributed by atoms with Gasteiger partial charge in [-0.3, -0.25) is 4.79 Å². The maximum atomic E-state index is 10.9. The first-order valence-electron chi connectivity index (χ1n) is 4.26. The van der Waals surface area contributed by atoms with Crippen LogP contribution in [-0.4, -0.2) is 48.7 Å². The highest BCUT2D eigenvalue weighted by atomic mass is 16.4. The van der Waals surface area contributed by atoms with Gasteiger partial charge in [-0.25, -0.2) is 0 Å². The summed E-state index contributed by atoms with van der Waals surface area (Å²) in [6.07, 6.45) is 0. The van der Waals surface area contributed by atoms with Gasteiger partial charge in [0.05, 0.1) is 21.1 Å². The molecule has 5 heteroatoms. The van der Waals surface area contributed by atoms with E-state index >= 15 is 0 Å². The van der Waals surface area contributed by atoms with Crippen LogP contribution in [0.3, 0.4) is 0 Å². The van der Waals surface area contributed by atoms with Gasteiger partial charge in [-0.05, 0) is 13.8 Å². The quantitative estimate of drug-likeness (QED) is 0.590. The van der Waals surface area contributed by atoms with Crippen LogP contribution >= 0.6 is 0 Å². The number of hydrogen-bond donors (Lipinski definition) is 1. The topological polar surface area (TPSA) is 77.4 Å². The fraction of sp³-hybridized carbons (Fsp3) is 0.778. The number of carboxylic acid groups (broad SMARTS) is 2. The molecule has 1 atom stereocenters. The molecule has 82 valence electrons. The second-order valence-corrected chi connectivity index (χ2v) is 4.86. The van der Waals surface area contributed by atoms with Gasteiger partial charge < -0.3 is 19.5 Å². The second kappa shape index (κ2) is 3.57. The van der Waals surface area contributed by atoms with Crippen molar-refractivity contribution in [3.05, 3.63) is 0 Å². The van der Waals surface area contributed by atoms with Gasteiger partial charge in [0, 0.05) is 0 Å². The van der Waals surface area contributed by atoms with Crippen molar-refractivity contribution in [3.8, 4) is 0 Å². The summed E-state index contributed by atoms with van der Waals surface area (Å²) in [7, 11) is 4.89. The van der Waals surface area contributed by atoms with Gasteiger partial charge in [-0.15, -0.1) is 0 Å². The van der Waals surface area contributed by atoms with Crippen molar-refractivity contribution in [2.45, 2.75) is 19.9 Å². The van der Waals surface area contributed by atoms with Crippen LogP contribution in [0.5, 0.6) is 0 Å². The van der Waals surface area contributed by atoms with E-state index in [1.54, 1.807) is 21.1 Å². The minimum atomic E-state index is -1.35. The molecule has 0 saturated carbocycles. The molecule has 0 spiro atoms. The summed E-state index contributed by atoms with van der Waals surface area (Å²) in [6.45, 7) is 2.78. The number of carbonyl (C=O) groups excluding carboxylic acids is 1. The zero-order chi connectivity index (χ0) is 11.7. The van der Waals surface area contributed by atoms with Gasteiger partial charge in [-0.2, -0.15) is 0 Å². The predicted octanol–water partition coefficient (Wildman–Crippen LogP) is -1.08. The Morgan fingerprint density at radius 2 is 1.64 bits per heavy atom. The molecule has 1 unspecified atom stereocenters. The van der Waals surface area contributed by atoms with Crippen LogP contribution in [0.2, 0.25) is 0 Å². The van der Waals surface area contributed by atoms with E-state index in [9.17, 15) is 14.7 Å². The smallest absolute Gasteiger partial charge is 0.315 e. The summed E-state index contributed by atoms with van der Waals surface area (Å²) < 4.78 is 0.0155. The SMILES string of the molecule is CC(C)(C(=O)O)C(C(=O)[O-])[N+](C)(C)C. The zero-order valence-corrected chi connectivity index (χ0v) is 9.20. The minimum Gasteiger partial charge on any atom is -0.544 e. The first-order chi connectivity index (χ1) is 6.01. The summed E-state index contributed by atoms with van der Waals surface area (Å²) >= 11 is 0. The maximum absolute atomic E-state index is 10.9. The van der Waals surface area contributed by atoms with E-state index in [1.165, 1.54) is 13.8 Å². The van der Waals surface area contributed by atoms with E-state index in [-0.39, 0.29) is 4.48 Å². The van der Waals surface area contributed by atoms with Crippen molar-refractivity contribution in [1.29, 1.82) is 0 Å². The van der Waals surface area contributed by atoms with Crippen LogP contribution in [0.15, 0.2) is 0 Å². The van der Waals surface area contributed by atoms with Gasteiger partial charge in [0.2, 0.25) is 0 Å². The molecule has 0 aliphatic heterocycles. The van der Waals surface area contributed by atoms with E-state index in [1.807, 2.05) is 0 Å². The highest BCUT2D eigenvalue weighted by molar-refractivity contribution is 5.83. The van der Waals surface area contributed by atoms with Crippen molar-refractivity contribution in [3.63, 3.8) is 0 Å². The van der Waals surface area contributed by atoms with E-state index in [2.05, 4.69) is 0 Å². The normalized spacial score (nSPS) is 14.9. The molecule has 0 radical (unpaired) electrons. The molecule has 0 aromatic heterocycles. The van der Waals surface area contributed by atoms with Crippen molar-refractivity contribution in [1.82, 2.24) is 0 Å². The van der Waals surface area contributed by atoms with Crippen molar-refractivity contribution in [2.75, 3.05) is 21.1 Å². The lowest BCUT2D eigenvalue weighted by atomic mass is 9.83. The first kappa shape index (κ1) is 12.9. The lowest BCUT2D eigenvalue weighted by molar-refractivity contribution is -0.895. The summed E-state index contributed by atoms with van der Waals surface area (Å²) in [5, 5.41) is 19.8. The van der Waals surface area contributed by atoms with Crippen LogP contribution < -0.4 is 5.11 Å². The second-order valence-electron chi connectivity index (χ2n) is 4.86. The average Bonchev–Trinajstić information content (AvgIpc) is 1.79. The van der Waals surface area contributed by atoms with Crippen LogP contribution in [0.4, 0.5) is 0 Å². The lowest BCUT2D eigenvalue weighted by Gasteiger charge is -2.41. The average molecular weight is 203 g/mol. The number of carboxylic acids is 2. The fourth-order valence-corrected chi connectivity index (χ4v) is 1.70. The van der Waals surface area contributed by atoms with Gasteiger partial charge >= 0.3 is 5.97 Å². The highest BCUT2D eigenvalue weighted by Crippen LogP contribution is 2.27. The summed E-state index contributed by atoms with van der Waals surface area (Å²) in [6, 6.07) is -1.08. The van der Waals surface area contributed by atoms with Crippen molar-refractivity contribution >= 4 is 11.9 Å². The van der Waals surface area contributed by atoms with Crippen LogP contribution in [0.1, 0.15) is 13.8 Å². The molecule has 14 heavy (non-hydrogen) atoms. The highest BCUT2D eigenvalue weighted by Gasteiger charge is 2.46. The molecule has 0 fully saturated rings. The molecule has 0 aliphatic rings. The number of hydrogen-bond acceptors (Lipinski definition) is 3. The van der Waals surface area contributed by atoms with Gasteiger partial charge in [0.15, 0.2) is 0 Å². The molecule has 0 aromatic carbocycles. The van der Waals surface area contributed by atoms with Gasteiger partial charge in [0.25, 0.3) is 0 Å². The lowest BCUT2D eigenvalue weighted by Crippen LogP contribution is -2.63. The number of carbonyl (C=O) groups is 2. The molecular formula is C9H17NO4. The zero-order valence-electron chi connectivity index (χ0n) is 9.20. The van der Waals surface area contributed by atoms with Crippen molar-refractivity contribution < 1.29 is 24.3 Å².